The van der Waals surface area contributed by atoms with Gasteiger partial charge in [-0.05, 0) is 31.1 Å². The average molecular weight is 226 g/mol. The van der Waals surface area contributed by atoms with E-state index in [0.717, 1.165) is 24.7 Å². The lowest BCUT2D eigenvalue weighted by Crippen LogP contribution is -2.56. The summed E-state index contributed by atoms with van der Waals surface area (Å²) in [4.78, 5) is 0. The molecule has 3 N–H and O–H groups in total. The van der Waals surface area contributed by atoms with Crippen molar-refractivity contribution in [2.75, 3.05) is 7.11 Å². The molecule has 3 heteroatoms. The molecule has 0 aromatic carbocycles. The zero-order chi connectivity index (χ0) is 11.6. The molecule has 0 bridgehead atoms. The standard InChI is InChI=1S/C13H26N2O/c1-10-4-3-7-13(9-10,16-2)12(15-14)8-11-5-6-11/h10-12,15H,3-9,14H2,1-2H3. The van der Waals surface area contributed by atoms with Gasteiger partial charge in [0.25, 0.3) is 0 Å². The summed E-state index contributed by atoms with van der Waals surface area (Å²) in [6, 6.07) is 0.341. The van der Waals surface area contributed by atoms with Gasteiger partial charge in [0, 0.05) is 7.11 Å². The summed E-state index contributed by atoms with van der Waals surface area (Å²) in [7, 11) is 1.86. The Morgan fingerprint density at radius 1 is 1.44 bits per heavy atom. The second-order valence-electron chi connectivity index (χ2n) is 5.87. The highest BCUT2D eigenvalue weighted by Gasteiger charge is 2.43. The molecule has 3 atom stereocenters. The quantitative estimate of drug-likeness (QED) is 0.558. The Labute approximate surface area is 99.1 Å². The molecule has 94 valence electrons. The minimum atomic E-state index is -0.00495. The number of hydrogen-bond donors (Lipinski definition) is 2. The first-order valence-electron chi connectivity index (χ1n) is 6.71. The number of nitrogens with one attached hydrogen (secondary N) is 1. The van der Waals surface area contributed by atoms with Crippen molar-refractivity contribution in [3.63, 3.8) is 0 Å². The van der Waals surface area contributed by atoms with E-state index in [9.17, 15) is 0 Å². The maximum Gasteiger partial charge on any atom is 0.0847 e. The molecule has 0 aromatic heterocycles. The maximum absolute atomic E-state index is 5.89. The minimum absolute atomic E-state index is 0.00495. The van der Waals surface area contributed by atoms with E-state index < -0.39 is 0 Å². The summed E-state index contributed by atoms with van der Waals surface area (Å²) < 4.78 is 5.89. The fraction of sp³-hybridized carbons (Fsp3) is 1.00. The van der Waals surface area contributed by atoms with E-state index in [1.165, 1.54) is 32.1 Å². The molecule has 0 aromatic rings. The van der Waals surface area contributed by atoms with Crippen LogP contribution in [0, 0.1) is 11.8 Å². The van der Waals surface area contributed by atoms with Crippen LogP contribution in [0.5, 0.6) is 0 Å². The lowest BCUT2D eigenvalue weighted by molar-refractivity contribution is -0.0820. The molecule has 2 aliphatic carbocycles. The Bertz CT molecular complexity index is 230. The van der Waals surface area contributed by atoms with Gasteiger partial charge in [0.2, 0.25) is 0 Å². The normalized spacial score (nSPS) is 37.3. The third kappa shape index (κ3) is 2.58. The highest BCUT2D eigenvalue weighted by Crippen LogP contribution is 2.42. The van der Waals surface area contributed by atoms with Crippen LogP contribution in [0.3, 0.4) is 0 Å². The van der Waals surface area contributed by atoms with Gasteiger partial charge in [0.05, 0.1) is 11.6 Å². The van der Waals surface area contributed by atoms with Crippen LogP contribution in [-0.4, -0.2) is 18.8 Å². The van der Waals surface area contributed by atoms with Gasteiger partial charge in [0.15, 0.2) is 0 Å². The van der Waals surface area contributed by atoms with Crippen molar-refractivity contribution in [2.24, 2.45) is 17.7 Å². The van der Waals surface area contributed by atoms with E-state index >= 15 is 0 Å². The number of ether oxygens (including phenoxy) is 1. The van der Waals surface area contributed by atoms with Crippen molar-refractivity contribution in [1.82, 2.24) is 5.43 Å². The van der Waals surface area contributed by atoms with Crippen LogP contribution in [0.2, 0.25) is 0 Å². The molecular formula is C13H26N2O. The second-order valence-corrected chi connectivity index (χ2v) is 5.87. The Morgan fingerprint density at radius 2 is 2.19 bits per heavy atom. The van der Waals surface area contributed by atoms with Crippen molar-refractivity contribution in [3.05, 3.63) is 0 Å². The highest BCUT2D eigenvalue weighted by atomic mass is 16.5. The average Bonchev–Trinajstić information content (AvgIpc) is 3.09. The van der Waals surface area contributed by atoms with Gasteiger partial charge in [-0.25, -0.2) is 0 Å². The lowest BCUT2D eigenvalue weighted by Gasteiger charge is -2.44. The van der Waals surface area contributed by atoms with E-state index in [-0.39, 0.29) is 5.60 Å². The number of methoxy groups -OCH3 is 1. The number of hydrogen-bond acceptors (Lipinski definition) is 3. The molecule has 0 heterocycles. The van der Waals surface area contributed by atoms with Crippen molar-refractivity contribution >= 4 is 0 Å². The molecule has 0 saturated heterocycles. The van der Waals surface area contributed by atoms with Crippen molar-refractivity contribution < 1.29 is 4.74 Å². The van der Waals surface area contributed by atoms with Gasteiger partial charge < -0.3 is 4.74 Å². The molecule has 0 amide bonds. The third-order valence-corrected chi connectivity index (χ3v) is 4.50. The Balaban J connectivity index is 2.03. The monoisotopic (exact) mass is 226 g/mol. The van der Waals surface area contributed by atoms with Gasteiger partial charge in [-0.1, -0.05) is 32.6 Å². The summed E-state index contributed by atoms with van der Waals surface area (Å²) in [5.74, 6) is 7.42. The molecule has 2 rings (SSSR count). The van der Waals surface area contributed by atoms with E-state index in [4.69, 9.17) is 10.6 Å². The van der Waals surface area contributed by atoms with Crippen LogP contribution in [0.4, 0.5) is 0 Å². The topological polar surface area (TPSA) is 47.3 Å². The Morgan fingerprint density at radius 3 is 2.69 bits per heavy atom. The molecule has 0 radical (unpaired) electrons. The first-order chi connectivity index (χ1) is 7.70. The van der Waals surface area contributed by atoms with Crippen LogP contribution in [0.15, 0.2) is 0 Å². The molecule has 3 unspecified atom stereocenters. The molecule has 0 aliphatic heterocycles. The minimum Gasteiger partial charge on any atom is -0.377 e. The van der Waals surface area contributed by atoms with E-state index in [2.05, 4.69) is 12.3 Å². The number of hydrazine groups is 1. The van der Waals surface area contributed by atoms with Crippen LogP contribution >= 0.6 is 0 Å². The Hall–Kier alpha value is -0.120. The van der Waals surface area contributed by atoms with Gasteiger partial charge in [-0.15, -0.1) is 0 Å². The first-order valence-corrected chi connectivity index (χ1v) is 6.71. The third-order valence-electron chi connectivity index (χ3n) is 4.50. The van der Waals surface area contributed by atoms with Crippen molar-refractivity contribution in [3.8, 4) is 0 Å². The molecule has 3 nitrogen and oxygen atoms in total. The number of nitrogens with two attached hydrogens (primary N) is 1. The lowest BCUT2D eigenvalue weighted by atomic mass is 9.73. The van der Waals surface area contributed by atoms with Crippen molar-refractivity contribution in [2.45, 2.75) is 63.5 Å². The van der Waals surface area contributed by atoms with E-state index in [0.29, 0.717) is 6.04 Å². The fourth-order valence-electron chi connectivity index (χ4n) is 3.31. The molecular weight excluding hydrogens is 200 g/mol. The zero-order valence-electron chi connectivity index (χ0n) is 10.7. The summed E-state index contributed by atoms with van der Waals surface area (Å²) in [6.07, 6.45) is 8.89. The molecule has 2 saturated carbocycles. The fourth-order valence-corrected chi connectivity index (χ4v) is 3.31. The van der Waals surface area contributed by atoms with Gasteiger partial charge >= 0.3 is 0 Å². The van der Waals surface area contributed by atoms with Crippen molar-refractivity contribution in [1.29, 1.82) is 0 Å². The molecule has 0 spiro atoms. The second kappa shape index (κ2) is 5.03. The smallest absolute Gasteiger partial charge is 0.0847 e. The predicted octanol–water partition coefficient (Wildman–Crippen LogP) is 2.21. The molecule has 2 fully saturated rings. The van der Waals surface area contributed by atoms with Crippen LogP contribution in [-0.2, 0) is 4.74 Å². The van der Waals surface area contributed by atoms with E-state index in [1.807, 2.05) is 7.11 Å². The van der Waals surface area contributed by atoms with E-state index in [1.54, 1.807) is 0 Å². The summed E-state index contributed by atoms with van der Waals surface area (Å²) in [5, 5.41) is 0. The summed E-state index contributed by atoms with van der Waals surface area (Å²) >= 11 is 0. The van der Waals surface area contributed by atoms with Crippen LogP contribution in [0.25, 0.3) is 0 Å². The zero-order valence-corrected chi connectivity index (χ0v) is 10.7. The summed E-state index contributed by atoms with van der Waals surface area (Å²) in [6.45, 7) is 2.33. The van der Waals surface area contributed by atoms with Gasteiger partial charge in [-0.3, -0.25) is 11.3 Å². The number of rotatable bonds is 5. The highest BCUT2D eigenvalue weighted by molar-refractivity contribution is 4.98. The maximum atomic E-state index is 5.89. The van der Waals surface area contributed by atoms with Gasteiger partial charge in [-0.2, -0.15) is 0 Å². The SMILES string of the molecule is COC1(C(CC2CC2)NN)CCCC(C)C1. The van der Waals surface area contributed by atoms with Crippen LogP contribution in [0.1, 0.15) is 51.9 Å². The predicted molar refractivity (Wildman–Crippen MR) is 65.8 cm³/mol. The first kappa shape index (κ1) is 12.3. The summed E-state index contributed by atoms with van der Waals surface area (Å²) in [5.41, 5.74) is 3.03. The molecule has 16 heavy (non-hydrogen) atoms. The largest absolute Gasteiger partial charge is 0.377 e. The van der Waals surface area contributed by atoms with Crippen LogP contribution < -0.4 is 11.3 Å². The van der Waals surface area contributed by atoms with Gasteiger partial charge in [0.1, 0.15) is 0 Å². The molecule has 2 aliphatic rings. The Kier molecular flexibility index (Phi) is 3.88.